The van der Waals surface area contributed by atoms with Crippen LogP contribution in [0.1, 0.15) is 60.3 Å². The van der Waals surface area contributed by atoms with E-state index in [2.05, 4.69) is 90.2 Å². The van der Waals surface area contributed by atoms with Crippen molar-refractivity contribution in [2.75, 3.05) is 13.1 Å². The first kappa shape index (κ1) is 25.2. The van der Waals surface area contributed by atoms with E-state index in [0.29, 0.717) is 6.54 Å². The van der Waals surface area contributed by atoms with Gasteiger partial charge in [-0.2, -0.15) is 0 Å². The topological polar surface area (TPSA) is 50.2 Å². The third-order valence-corrected chi connectivity index (χ3v) is 7.50. The zero-order valence-electron chi connectivity index (χ0n) is 22.6. The molecule has 3 aromatic carbocycles. The van der Waals surface area contributed by atoms with Gasteiger partial charge in [0, 0.05) is 33.0 Å². The van der Waals surface area contributed by atoms with E-state index in [1.54, 1.807) is 6.92 Å². The maximum absolute atomic E-state index is 11.6. The molecule has 0 unspecified atom stereocenters. The van der Waals surface area contributed by atoms with Crippen molar-refractivity contribution in [1.29, 1.82) is 0 Å². The highest BCUT2D eigenvalue weighted by molar-refractivity contribution is 5.80. The number of aryl methyl sites for hydroxylation is 3. The SMILES string of the molecule is CCc1nc2c(C)cc(C)cc2n1Cc1ccc(-c2cc(CN3CCCC3)ccc2CNC(C)=O)cc1. The number of fused-ring (bicyclic) bond motifs is 1. The molecule has 4 aromatic rings. The minimum absolute atomic E-state index is 0.00722. The number of hydrogen-bond donors (Lipinski definition) is 1. The van der Waals surface area contributed by atoms with Gasteiger partial charge in [0.25, 0.3) is 0 Å². The van der Waals surface area contributed by atoms with Crippen molar-refractivity contribution in [1.82, 2.24) is 19.8 Å². The van der Waals surface area contributed by atoms with Crippen LogP contribution in [0.15, 0.2) is 54.6 Å². The van der Waals surface area contributed by atoms with Gasteiger partial charge in [0.2, 0.25) is 5.91 Å². The molecule has 192 valence electrons. The molecule has 1 amide bonds. The Hall–Kier alpha value is -3.44. The molecule has 2 heterocycles. The van der Waals surface area contributed by atoms with Crippen molar-refractivity contribution in [3.63, 3.8) is 0 Å². The monoisotopic (exact) mass is 494 g/mol. The average molecular weight is 495 g/mol. The predicted octanol–water partition coefficient (Wildman–Crippen LogP) is 6.16. The minimum atomic E-state index is -0.00722. The van der Waals surface area contributed by atoms with E-state index in [9.17, 15) is 4.79 Å². The molecule has 0 aliphatic carbocycles. The lowest BCUT2D eigenvalue weighted by molar-refractivity contribution is -0.119. The van der Waals surface area contributed by atoms with Gasteiger partial charge >= 0.3 is 0 Å². The number of imidazole rings is 1. The smallest absolute Gasteiger partial charge is 0.217 e. The number of nitrogens with one attached hydrogen (secondary N) is 1. The van der Waals surface area contributed by atoms with Gasteiger partial charge in [-0.15, -0.1) is 0 Å². The van der Waals surface area contributed by atoms with E-state index in [1.165, 1.54) is 64.8 Å². The summed E-state index contributed by atoms with van der Waals surface area (Å²) in [6.07, 6.45) is 3.49. The van der Waals surface area contributed by atoms with Crippen molar-refractivity contribution in [2.24, 2.45) is 0 Å². The van der Waals surface area contributed by atoms with E-state index in [1.807, 2.05) is 0 Å². The third kappa shape index (κ3) is 5.62. The van der Waals surface area contributed by atoms with Gasteiger partial charge in [0.1, 0.15) is 5.82 Å². The Morgan fingerprint density at radius 1 is 0.946 bits per heavy atom. The fourth-order valence-corrected chi connectivity index (χ4v) is 5.60. The van der Waals surface area contributed by atoms with Crippen molar-refractivity contribution in [3.8, 4) is 11.1 Å². The van der Waals surface area contributed by atoms with Crippen LogP contribution in [-0.2, 0) is 30.8 Å². The van der Waals surface area contributed by atoms with Crippen LogP contribution in [0.25, 0.3) is 22.2 Å². The number of hydrogen-bond acceptors (Lipinski definition) is 3. The lowest BCUT2D eigenvalue weighted by Gasteiger charge is -2.18. The summed E-state index contributed by atoms with van der Waals surface area (Å²) in [6, 6.07) is 20.1. The summed E-state index contributed by atoms with van der Waals surface area (Å²) in [4.78, 5) is 19.1. The zero-order valence-corrected chi connectivity index (χ0v) is 22.6. The molecule has 0 saturated carbocycles. The molecule has 0 bridgehead atoms. The van der Waals surface area contributed by atoms with E-state index in [0.717, 1.165) is 36.4 Å². The average Bonchev–Trinajstić information content (AvgIpc) is 3.52. The number of carbonyl (C=O) groups is 1. The van der Waals surface area contributed by atoms with E-state index in [-0.39, 0.29) is 5.91 Å². The van der Waals surface area contributed by atoms with E-state index >= 15 is 0 Å². The minimum Gasteiger partial charge on any atom is -0.352 e. The van der Waals surface area contributed by atoms with Crippen LogP contribution in [0.4, 0.5) is 0 Å². The molecule has 1 aromatic heterocycles. The molecule has 0 radical (unpaired) electrons. The highest BCUT2D eigenvalue weighted by Crippen LogP contribution is 2.28. The van der Waals surface area contributed by atoms with E-state index < -0.39 is 0 Å². The van der Waals surface area contributed by atoms with Crippen molar-refractivity contribution < 1.29 is 4.79 Å². The Kier molecular flexibility index (Phi) is 7.43. The van der Waals surface area contributed by atoms with E-state index in [4.69, 9.17) is 4.98 Å². The largest absolute Gasteiger partial charge is 0.352 e. The maximum Gasteiger partial charge on any atom is 0.217 e. The molecule has 1 aliphatic rings. The Balaban J connectivity index is 1.44. The molecular weight excluding hydrogens is 456 g/mol. The summed E-state index contributed by atoms with van der Waals surface area (Å²) < 4.78 is 2.36. The highest BCUT2D eigenvalue weighted by atomic mass is 16.1. The van der Waals surface area contributed by atoms with Crippen LogP contribution in [0.5, 0.6) is 0 Å². The number of rotatable bonds is 8. The summed E-state index contributed by atoms with van der Waals surface area (Å²) in [7, 11) is 0. The summed E-state index contributed by atoms with van der Waals surface area (Å²) >= 11 is 0. The first-order chi connectivity index (χ1) is 17.9. The Morgan fingerprint density at radius 3 is 2.38 bits per heavy atom. The predicted molar refractivity (Wildman–Crippen MR) is 152 cm³/mol. The lowest BCUT2D eigenvalue weighted by atomic mass is 9.96. The number of benzene rings is 3. The second-order valence-electron chi connectivity index (χ2n) is 10.5. The molecule has 1 fully saturated rings. The fourth-order valence-electron chi connectivity index (χ4n) is 5.60. The summed E-state index contributed by atoms with van der Waals surface area (Å²) in [5.41, 5.74) is 10.9. The molecule has 5 nitrogen and oxygen atoms in total. The molecule has 0 spiro atoms. The number of amides is 1. The van der Waals surface area contributed by atoms with Crippen molar-refractivity contribution in [2.45, 2.75) is 66.6 Å². The number of aromatic nitrogens is 2. The van der Waals surface area contributed by atoms with Gasteiger partial charge < -0.3 is 9.88 Å². The molecular formula is C32H38N4O. The van der Waals surface area contributed by atoms with Crippen LogP contribution in [0.3, 0.4) is 0 Å². The molecule has 1 saturated heterocycles. The third-order valence-electron chi connectivity index (χ3n) is 7.50. The molecule has 5 rings (SSSR count). The fraction of sp³-hybridized carbons (Fsp3) is 0.375. The van der Waals surface area contributed by atoms with Gasteiger partial charge in [0.05, 0.1) is 11.0 Å². The van der Waals surface area contributed by atoms with Crippen LogP contribution in [-0.4, -0.2) is 33.4 Å². The number of nitrogens with zero attached hydrogens (tertiary/aromatic N) is 3. The summed E-state index contributed by atoms with van der Waals surface area (Å²) in [5, 5.41) is 2.98. The van der Waals surface area contributed by atoms with Gasteiger partial charge in [-0.05, 0) is 90.9 Å². The molecule has 37 heavy (non-hydrogen) atoms. The first-order valence-electron chi connectivity index (χ1n) is 13.6. The highest BCUT2D eigenvalue weighted by Gasteiger charge is 2.15. The summed E-state index contributed by atoms with van der Waals surface area (Å²) in [5.74, 6) is 1.12. The van der Waals surface area contributed by atoms with Crippen LogP contribution >= 0.6 is 0 Å². The second-order valence-corrected chi connectivity index (χ2v) is 10.5. The second kappa shape index (κ2) is 10.9. The van der Waals surface area contributed by atoms with Crippen LogP contribution < -0.4 is 5.32 Å². The normalized spacial score (nSPS) is 13.9. The zero-order chi connectivity index (χ0) is 25.9. The lowest BCUT2D eigenvalue weighted by Crippen LogP contribution is -2.20. The van der Waals surface area contributed by atoms with Gasteiger partial charge in [-0.3, -0.25) is 9.69 Å². The quantitative estimate of drug-likeness (QED) is 0.319. The summed E-state index contributed by atoms with van der Waals surface area (Å²) in [6.45, 7) is 12.7. The molecule has 0 atom stereocenters. The Morgan fingerprint density at radius 2 is 1.68 bits per heavy atom. The molecule has 1 aliphatic heterocycles. The number of carbonyl (C=O) groups excluding carboxylic acids is 1. The van der Waals surface area contributed by atoms with Gasteiger partial charge in [0.15, 0.2) is 0 Å². The van der Waals surface area contributed by atoms with Gasteiger partial charge in [-0.25, -0.2) is 4.98 Å². The number of likely N-dealkylation sites (tertiary alicyclic amines) is 1. The van der Waals surface area contributed by atoms with Crippen LogP contribution in [0.2, 0.25) is 0 Å². The molecule has 1 N–H and O–H groups in total. The maximum atomic E-state index is 11.6. The Bertz CT molecular complexity index is 1410. The Labute approximate surface area is 220 Å². The van der Waals surface area contributed by atoms with Crippen LogP contribution in [0, 0.1) is 13.8 Å². The van der Waals surface area contributed by atoms with Crippen molar-refractivity contribution in [3.05, 3.63) is 88.2 Å². The molecule has 5 heteroatoms. The first-order valence-corrected chi connectivity index (χ1v) is 13.6. The van der Waals surface area contributed by atoms with Crippen molar-refractivity contribution >= 4 is 16.9 Å². The van der Waals surface area contributed by atoms with Gasteiger partial charge in [-0.1, -0.05) is 49.4 Å². The standard InChI is InChI=1S/C32H38N4O/c1-5-31-34-32-23(3)16-22(2)17-30(32)36(31)21-25-8-11-27(12-9-25)29-18-26(20-35-14-6-7-15-35)10-13-28(29)19-33-24(4)37/h8-13,16-18H,5-7,14-15,19-21H2,1-4H3,(H,33,37).